The lowest BCUT2D eigenvalue weighted by Crippen LogP contribution is -2.45. The monoisotopic (exact) mass is 445 g/mol. The van der Waals surface area contributed by atoms with Crippen LogP contribution < -0.4 is 4.90 Å². The maximum atomic E-state index is 13.3. The molecule has 0 fully saturated rings. The number of para-hydroxylation sites is 1. The van der Waals surface area contributed by atoms with Crippen molar-refractivity contribution < 1.29 is 19.1 Å². The molecule has 0 aliphatic carbocycles. The van der Waals surface area contributed by atoms with Crippen molar-refractivity contribution in [1.29, 1.82) is 0 Å². The molecule has 5 nitrogen and oxygen atoms in total. The lowest BCUT2D eigenvalue weighted by Gasteiger charge is -2.29. The van der Waals surface area contributed by atoms with Crippen molar-refractivity contribution in [1.82, 2.24) is 0 Å². The van der Waals surface area contributed by atoms with E-state index in [0.29, 0.717) is 11.6 Å². The van der Waals surface area contributed by atoms with E-state index in [1.165, 1.54) is 10.5 Å². The van der Waals surface area contributed by atoms with Gasteiger partial charge in [-0.1, -0.05) is 86.6 Å². The van der Waals surface area contributed by atoms with Gasteiger partial charge in [0.05, 0.1) is 12.3 Å². The third kappa shape index (κ3) is 6.01. The van der Waals surface area contributed by atoms with Crippen molar-refractivity contribution >= 4 is 17.7 Å². The maximum Gasteiger partial charge on any atom is 0.415 e. The minimum absolute atomic E-state index is 0.108. The third-order valence-electron chi connectivity index (χ3n) is 5.44. The quantitative estimate of drug-likeness (QED) is 0.368. The van der Waals surface area contributed by atoms with Gasteiger partial charge in [0.15, 0.2) is 0 Å². The average Bonchev–Trinajstić information content (AvgIpc) is 2.84. The minimum atomic E-state index is -0.859. The molecule has 0 aromatic heterocycles. The summed E-state index contributed by atoms with van der Waals surface area (Å²) in [6.45, 7) is 8.02. The number of carbonyl (C=O) groups excluding carboxylic acids is 2. The number of rotatable bonds is 8. The van der Waals surface area contributed by atoms with E-state index in [9.17, 15) is 9.59 Å². The van der Waals surface area contributed by atoms with Crippen LogP contribution in [0.3, 0.4) is 0 Å². The Bertz CT molecular complexity index is 1080. The molecule has 5 heteroatoms. The van der Waals surface area contributed by atoms with E-state index in [2.05, 4.69) is 26.0 Å². The Balaban J connectivity index is 2.01. The fourth-order valence-electron chi connectivity index (χ4n) is 3.62. The molecule has 0 unspecified atom stereocenters. The van der Waals surface area contributed by atoms with Gasteiger partial charge < -0.3 is 9.47 Å². The Kier molecular flexibility index (Phi) is 8.25. The maximum absolute atomic E-state index is 13.3. The van der Waals surface area contributed by atoms with E-state index in [1.54, 1.807) is 13.8 Å². The highest BCUT2D eigenvalue weighted by molar-refractivity contribution is 5.99. The van der Waals surface area contributed by atoms with Crippen LogP contribution in [0.15, 0.2) is 78.9 Å². The molecule has 3 aromatic rings. The highest BCUT2D eigenvalue weighted by atomic mass is 16.6. The van der Waals surface area contributed by atoms with Crippen molar-refractivity contribution in [2.24, 2.45) is 0 Å². The molecule has 0 spiro atoms. The van der Waals surface area contributed by atoms with Gasteiger partial charge in [-0.05, 0) is 42.5 Å². The summed E-state index contributed by atoms with van der Waals surface area (Å²) in [5.41, 5.74) is 4.46. The summed E-state index contributed by atoms with van der Waals surface area (Å²) in [7, 11) is 0. The summed E-state index contributed by atoms with van der Waals surface area (Å²) >= 11 is 0. The average molecular weight is 446 g/mol. The van der Waals surface area contributed by atoms with E-state index in [-0.39, 0.29) is 13.2 Å². The fourth-order valence-corrected chi connectivity index (χ4v) is 3.62. The zero-order chi connectivity index (χ0) is 23.8. The van der Waals surface area contributed by atoms with E-state index in [4.69, 9.17) is 9.47 Å². The molecule has 0 saturated carbocycles. The molecule has 0 radical (unpaired) electrons. The van der Waals surface area contributed by atoms with Crippen molar-refractivity contribution in [2.45, 2.75) is 46.3 Å². The first-order valence-electron chi connectivity index (χ1n) is 11.3. The number of nitrogens with zero attached hydrogens (tertiary/aromatic N) is 1. The van der Waals surface area contributed by atoms with Crippen LogP contribution in [0, 0.1) is 0 Å². The zero-order valence-corrected chi connectivity index (χ0v) is 19.7. The van der Waals surface area contributed by atoms with Crippen molar-refractivity contribution in [2.75, 3.05) is 11.5 Å². The SMILES string of the molecule is CCOC(=O)[C@H](C)N(C(=O)OCc1ccccc1)c1ccccc1-c1cccc(C(C)C)c1. The van der Waals surface area contributed by atoms with Gasteiger partial charge in [0.1, 0.15) is 12.6 Å². The second kappa shape index (κ2) is 11.3. The molecular formula is C28H31NO4. The molecule has 0 heterocycles. The number of hydrogen-bond donors (Lipinski definition) is 0. The summed E-state index contributed by atoms with van der Waals surface area (Å²) in [5.74, 6) is -0.123. The van der Waals surface area contributed by atoms with Crippen LogP contribution in [-0.2, 0) is 20.9 Å². The van der Waals surface area contributed by atoms with Crippen LogP contribution >= 0.6 is 0 Å². The van der Waals surface area contributed by atoms with E-state index in [0.717, 1.165) is 16.7 Å². The molecule has 172 valence electrons. The minimum Gasteiger partial charge on any atom is -0.464 e. The Morgan fingerprint density at radius 3 is 2.24 bits per heavy atom. The first-order chi connectivity index (χ1) is 15.9. The zero-order valence-electron chi connectivity index (χ0n) is 19.7. The number of ether oxygens (including phenoxy) is 2. The van der Waals surface area contributed by atoms with E-state index >= 15 is 0 Å². The van der Waals surface area contributed by atoms with Crippen LogP contribution in [0.2, 0.25) is 0 Å². The summed E-state index contributed by atoms with van der Waals surface area (Å²) in [6.07, 6.45) is -0.605. The molecule has 1 atom stereocenters. The summed E-state index contributed by atoms with van der Waals surface area (Å²) in [5, 5.41) is 0. The lowest BCUT2D eigenvalue weighted by atomic mass is 9.96. The second-order valence-corrected chi connectivity index (χ2v) is 8.14. The fraction of sp³-hybridized carbons (Fsp3) is 0.286. The predicted octanol–water partition coefficient (Wildman–Crippen LogP) is 6.57. The van der Waals surface area contributed by atoms with Crippen LogP contribution in [-0.4, -0.2) is 24.7 Å². The Morgan fingerprint density at radius 2 is 1.55 bits per heavy atom. The van der Waals surface area contributed by atoms with Crippen LogP contribution in [0.5, 0.6) is 0 Å². The topological polar surface area (TPSA) is 55.8 Å². The van der Waals surface area contributed by atoms with Crippen LogP contribution in [0.4, 0.5) is 10.5 Å². The molecule has 33 heavy (non-hydrogen) atoms. The molecule has 0 saturated heterocycles. The number of carbonyl (C=O) groups is 2. The summed E-state index contributed by atoms with van der Waals surface area (Å²) in [6, 6.07) is 24.4. The Morgan fingerprint density at radius 1 is 0.848 bits per heavy atom. The molecule has 0 bridgehead atoms. The van der Waals surface area contributed by atoms with Gasteiger partial charge in [0.2, 0.25) is 0 Å². The van der Waals surface area contributed by atoms with E-state index < -0.39 is 18.1 Å². The number of esters is 1. The number of anilines is 1. The van der Waals surface area contributed by atoms with Crippen molar-refractivity contribution in [3.05, 3.63) is 90.0 Å². The van der Waals surface area contributed by atoms with Crippen LogP contribution in [0.25, 0.3) is 11.1 Å². The number of amides is 1. The summed E-state index contributed by atoms with van der Waals surface area (Å²) in [4.78, 5) is 27.4. The third-order valence-corrected chi connectivity index (χ3v) is 5.44. The van der Waals surface area contributed by atoms with Gasteiger partial charge in [-0.3, -0.25) is 4.90 Å². The molecule has 0 aliphatic heterocycles. The number of benzene rings is 3. The van der Waals surface area contributed by atoms with Gasteiger partial charge in [0.25, 0.3) is 0 Å². The normalized spacial score (nSPS) is 11.7. The van der Waals surface area contributed by atoms with Crippen molar-refractivity contribution in [3.63, 3.8) is 0 Å². The first-order valence-corrected chi connectivity index (χ1v) is 11.3. The standard InChI is InChI=1S/C28H31NO4/c1-5-32-27(30)21(4)29(28(31)33-19-22-12-7-6-8-13-22)26-17-10-9-16-25(26)24-15-11-14-23(18-24)20(2)3/h6-18,20-21H,5,19H2,1-4H3/t21-/m0/s1. The number of hydrogen-bond acceptors (Lipinski definition) is 4. The molecular weight excluding hydrogens is 414 g/mol. The molecule has 0 aliphatic rings. The first kappa shape index (κ1) is 24.1. The smallest absolute Gasteiger partial charge is 0.415 e. The van der Waals surface area contributed by atoms with Gasteiger partial charge in [-0.25, -0.2) is 9.59 Å². The van der Waals surface area contributed by atoms with Crippen LogP contribution in [0.1, 0.15) is 44.7 Å². The molecule has 3 rings (SSSR count). The Hall–Kier alpha value is -3.60. The van der Waals surface area contributed by atoms with E-state index in [1.807, 2.05) is 66.7 Å². The van der Waals surface area contributed by atoms with Crippen molar-refractivity contribution in [3.8, 4) is 11.1 Å². The van der Waals surface area contributed by atoms with Gasteiger partial charge in [-0.2, -0.15) is 0 Å². The van der Waals surface area contributed by atoms with Gasteiger partial charge in [0, 0.05) is 5.56 Å². The lowest BCUT2D eigenvalue weighted by molar-refractivity contribution is -0.144. The highest BCUT2D eigenvalue weighted by Gasteiger charge is 2.31. The second-order valence-electron chi connectivity index (χ2n) is 8.14. The predicted molar refractivity (Wildman–Crippen MR) is 131 cm³/mol. The molecule has 1 amide bonds. The van der Waals surface area contributed by atoms with Gasteiger partial charge in [-0.15, -0.1) is 0 Å². The summed E-state index contributed by atoms with van der Waals surface area (Å²) < 4.78 is 10.9. The molecule has 3 aromatic carbocycles. The molecule has 0 N–H and O–H groups in total. The largest absolute Gasteiger partial charge is 0.464 e. The van der Waals surface area contributed by atoms with Gasteiger partial charge >= 0.3 is 12.1 Å². The highest BCUT2D eigenvalue weighted by Crippen LogP contribution is 2.34. The Labute approximate surface area is 196 Å².